The van der Waals surface area contributed by atoms with Gasteiger partial charge in [-0.05, 0) is 12.5 Å². The molecule has 3 N–H and O–H groups in total. The Labute approximate surface area is 174 Å². The average molecular weight is 423 g/mol. The molecular weight excluding hydrogens is 388 g/mol. The maximum Gasteiger partial charge on any atom is 0.276 e. The number of benzene rings is 1. The lowest BCUT2D eigenvalue weighted by Gasteiger charge is -2.32. The van der Waals surface area contributed by atoms with Gasteiger partial charge in [-0.3, -0.25) is 9.35 Å². The van der Waals surface area contributed by atoms with Crippen molar-refractivity contribution in [1.82, 2.24) is 0 Å². The summed E-state index contributed by atoms with van der Waals surface area (Å²) in [5.41, 5.74) is 6.40. The largest absolute Gasteiger partial charge is 0.366 e. The zero-order valence-electron chi connectivity index (χ0n) is 17.3. The van der Waals surface area contributed by atoms with Crippen LogP contribution in [0.1, 0.15) is 81.9 Å². The quantitative estimate of drug-likeness (QED) is 0.354. The molecule has 0 aromatic heterocycles. The minimum atomic E-state index is -4.50. The van der Waals surface area contributed by atoms with E-state index in [0.29, 0.717) is 17.8 Å². The van der Waals surface area contributed by atoms with Gasteiger partial charge in [-0.15, -0.1) is 0 Å². The molecule has 1 aromatic carbocycles. The summed E-state index contributed by atoms with van der Waals surface area (Å²) in [5, 5.41) is -1.43. The summed E-state index contributed by atoms with van der Waals surface area (Å²) >= 11 is 0. The van der Waals surface area contributed by atoms with E-state index >= 15 is 0 Å². The lowest BCUT2D eigenvalue weighted by atomic mass is 9.98. The number of nitrogens with zero attached hydrogens (tertiary/aromatic N) is 1. The summed E-state index contributed by atoms with van der Waals surface area (Å²) in [7, 11) is -4.50. The topological polar surface area (TPSA) is 101 Å². The summed E-state index contributed by atoms with van der Waals surface area (Å²) in [4.78, 5) is 13.7. The summed E-state index contributed by atoms with van der Waals surface area (Å²) < 4.78 is 33.5. The molecule has 0 saturated heterocycles. The highest BCUT2D eigenvalue weighted by atomic mass is 32.2. The van der Waals surface area contributed by atoms with Gasteiger partial charge in [-0.1, -0.05) is 82.9 Å². The Morgan fingerprint density at radius 3 is 2.10 bits per heavy atom. The standard InChI is InChI=1S/C22H34N2O4S/c1-2-3-4-5-6-7-8-9-10-13-16-24-17-19(22(23)25)21(29(26,27)28)18-14-11-12-15-20(18)24/h11-12,14-15,17,21H,2-10,13,16H2,1H3,(H2,23,25)(H,26,27,28). The fourth-order valence-corrected chi connectivity index (χ4v) is 4.93. The molecule has 162 valence electrons. The van der Waals surface area contributed by atoms with E-state index in [1.54, 1.807) is 18.2 Å². The van der Waals surface area contributed by atoms with Crippen LogP contribution in [0.25, 0.3) is 0 Å². The van der Waals surface area contributed by atoms with Crippen molar-refractivity contribution in [2.24, 2.45) is 5.73 Å². The van der Waals surface area contributed by atoms with Gasteiger partial charge in [0.05, 0.1) is 5.57 Å². The predicted octanol–water partition coefficient (Wildman–Crippen LogP) is 4.73. The second-order valence-corrected chi connectivity index (χ2v) is 9.28. The first-order chi connectivity index (χ1) is 13.9. The first-order valence-corrected chi connectivity index (χ1v) is 12.2. The Balaban J connectivity index is 1.92. The van der Waals surface area contributed by atoms with Crippen molar-refractivity contribution in [3.8, 4) is 0 Å². The molecule has 29 heavy (non-hydrogen) atoms. The molecule has 1 aromatic rings. The predicted molar refractivity (Wildman–Crippen MR) is 117 cm³/mol. The van der Waals surface area contributed by atoms with Crippen LogP contribution in [0.15, 0.2) is 36.0 Å². The molecule has 2 rings (SSSR count). The van der Waals surface area contributed by atoms with Gasteiger partial charge >= 0.3 is 0 Å². The molecule has 0 fully saturated rings. The monoisotopic (exact) mass is 422 g/mol. The number of anilines is 1. The molecule has 0 bridgehead atoms. The molecule has 0 saturated carbocycles. The zero-order chi connectivity index (χ0) is 21.3. The summed E-state index contributed by atoms with van der Waals surface area (Å²) in [6.07, 6.45) is 13.7. The molecule has 1 atom stereocenters. The number of hydrogen-bond acceptors (Lipinski definition) is 4. The summed E-state index contributed by atoms with van der Waals surface area (Å²) in [6, 6.07) is 6.93. The van der Waals surface area contributed by atoms with Crippen LogP contribution in [0.4, 0.5) is 5.69 Å². The Hall–Kier alpha value is -1.86. The number of para-hydroxylation sites is 1. The highest BCUT2D eigenvalue weighted by molar-refractivity contribution is 7.86. The van der Waals surface area contributed by atoms with Crippen LogP contribution in [-0.2, 0) is 14.9 Å². The van der Waals surface area contributed by atoms with E-state index in [-0.39, 0.29) is 5.57 Å². The third kappa shape index (κ3) is 6.85. The average Bonchev–Trinajstić information content (AvgIpc) is 2.67. The van der Waals surface area contributed by atoms with E-state index in [0.717, 1.165) is 12.8 Å². The van der Waals surface area contributed by atoms with Crippen LogP contribution >= 0.6 is 0 Å². The van der Waals surface area contributed by atoms with Crippen molar-refractivity contribution in [3.63, 3.8) is 0 Å². The molecular formula is C22H34N2O4S. The molecule has 0 aliphatic carbocycles. The van der Waals surface area contributed by atoms with E-state index in [9.17, 15) is 17.8 Å². The maximum absolute atomic E-state index is 11.9. The first kappa shape index (κ1) is 23.4. The highest BCUT2D eigenvalue weighted by Crippen LogP contribution is 2.40. The van der Waals surface area contributed by atoms with Crippen molar-refractivity contribution in [2.45, 2.75) is 76.4 Å². The van der Waals surface area contributed by atoms with Crippen LogP contribution in [0.5, 0.6) is 0 Å². The van der Waals surface area contributed by atoms with E-state index < -0.39 is 21.3 Å². The highest BCUT2D eigenvalue weighted by Gasteiger charge is 2.38. The lowest BCUT2D eigenvalue weighted by molar-refractivity contribution is -0.114. The molecule has 6 nitrogen and oxygen atoms in total. The number of fused-ring (bicyclic) bond motifs is 1. The molecule has 1 heterocycles. The maximum atomic E-state index is 11.9. The normalized spacial score (nSPS) is 16.4. The molecule has 7 heteroatoms. The summed E-state index contributed by atoms with van der Waals surface area (Å²) in [5.74, 6) is -0.838. The van der Waals surface area contributed by atoms with Gasteiger partial charge in [0.25, 0.3) is 10.1 Å². The number of rotatable bonds is 13. The van der Waals surface area contributed by atoms with Crippen molar-refractivity contribution in [3.05, 3.63) is 41.6 Å². The zero-order valence-corrected chi connectivity index (χ0v) is 18.2. The van der Waals surface area contributed by atoms with Gasteiger partial charge in [0.15, 0.2) is 0 Å². The Morgan fingerprint density at radius 1 is 1.00 bits per heavy atom. The Kier molecular flexibility index (Phi) is 9.17. The van der Waals surface area contributed by atoms with E-state index in [1.807, 2.05) is 11.0 Å². The van der Waals surface area contributed by atoms with Crippen LogP contribution in [0, 0.1) is 0 Å². The first-order valence-electron chi connectivity index (χ1n) is 10.7. The second kappa shape index (κ2) is 11.4. The van der Waals surface area contributed by atoms with Crippen molar-refractivity contribution < 1.29 is 17.8 Å². The van der Waals surface area contributed by atoms with Crippen molar-refractivity contribution in [1.29, 1.82) is 0 Å². The Morgan fingerprint density at radius 2 is 1.55 bits per heavy atom. The van der Waals surface area contributed by atoms with E-state index in [4.69, 9.17) is 5.73 Å². The fraction of sp³-hybridized carbons (Fsp3) is 0.591. The van der Waals surface area contributed by atoms with Gasteiger partial charge in [-0.2, -0.15) is 8.42 Å². The number of nitrogens with two attached hydrogens (primary N) is 1. The summed E-state index contributed by atoms with van der Waals surface area (Å²) in [6.45, 7) is 2.90. The molecule has 1 aliphatic heterocycles. The van der Waals surface area contributed by atoms with Gasteiger partial charge in [0, 0.05) is 24.0 Å². The van der Waals surface area contributed by atoms with E-state index in [1.165, 1.54) is 57.6 Å². The van der Waals surface area contributed by atoms with Crippen LogP contribution in [0.3, 0.4) is 0 Å². The fourth-order valence-electron chi connectivity index (χ4n) is 3.91. The van der Waals surface area contributed by atoms with Gasteiger partial charge in [0.1, 0.15) is 5.25 Å². The molecule has 1 aliphatic rings. The number of unbranched alkanes of at least 4 members (excludes halogenated alkanes) is 9. The number of primary amides is 1. The lowest BCUT2D eigenvalue weighted by Crippen LogP contribution is -2.33. The second-order valence-electron chi connectivity index (χ2n) is 7.78. The SMILES string of the molecule is CCCCCCCCCCCCN1C=C(C(N)=O)C(S(=O)(=O)O)c2ccccc21. The third-order valence-corrected chi connectivity index (χ3v) is 6.54. The minimum absolute atomic E-state index is 0.0988. The van der Waals surface area contributed by atoms with Gasteiger partial charge in [-0.25, -0.2) is 0 Å². The number of amides is 1. The smallest absolute Gasteiger partial charge is 0.276 e. The van der Waals surface area contributed by atoms with Crippen LogP contribution in [0.2, 0.25) is 0 Å². The molecule has 1 amide bonds. The molecule has 1 unspecified atom stereocenters. The number of carbonyl (C=O) groups is 1. The minimum Gasteiger partial charge on any atom is -0.366 e. The number of hydrogen-bond donors (Lipinski definition) is 2. The van der Waals surface area contributed by atoms with Gasteiger partial charge in [0.2, 0.25) is 5.91 Å². The third-order valence-electron chi connectivity index (χ3n) is 5.44. The molecule has 0 radical (unpaired) electrons. The molecule has 0 spiro atoms. The van der Waals surface area contributed by atoms with Crippen molar-refractivity contribution >= 4 is 21.7 Å². The van der Waals surface area contributed by atoms with Crippen molar-refractivity contribution in [2.75, 3.05) is 11.4 Å². The van der Waals surface area contributed by atoms with Crippen LogP contribution in [-0.4, -0.2) is 25.4 Å². The van der Waals surface area contributed by atoms with Crippen LogP contribution < -0.4 is 10.6 Å². The number of carbonyl (C=O) groups excluding carboxylic acids is 1. The van der Waals surface area contributed by atoms with Gasteiger partial charge < -0.3 is 10.6 Å². The Bertz CT molecular complexity index is 805. The van der Waals surface area contributed by atoms with E-state index in [2.05, 4.69) is 6.92 Å².